The van der Waals surface area contributed by atoms with Gasteiger partial charge >= 0.3 is 5.97 Å². The van der Waals surface area contributed by atoms with Crippen LogP contribution in [0.25, 0.3) is 0 Å². The van der Waals surface area contributed by atoms with Crippen molar-refractivity contribution in [3.63, 3.8) is 0 Å². The van der Waals surface area contributed by atoms with E-state index in [0.29, 0.717) is 19.4 Å². The van der Waals surface area contributed by atoms with Crippen molar-refractivity contribution in [2.75, 3.05) is 6.61 Å². The fourth-order valence-corrected chi connectivity index (χ4v) is 2.17. The molecule has 0 aromatic carbocycles. The van der Waals surface area contributed by atoms with Crippen LogP contribution in [0.4, 0.5) is 0 Å². The summed E-state index contributed by atoms with van der Waals surface area (Å²) >= 11 is 0. The van der Waals surface area contributed by atoms with Crippen molar-refractivity contribution in [3.8, 4) is 0 Å². The maximum Gasteiger partial charge on any atom is 0.313 e. The van der Waals surface area contributed by atoms with Crippen LogP contribution in [0.15, 0.2) is 24.3 Å². The number of hydrogen-bond donors (Lipinski definition) is 0. The molecule has 1 aliphatic carbocycles. The van der Waals surface area contributed by atoms with Gasteiger partial charge < -0.3 is 4.74 Å². The smallest absolute Gasteiger partial charge is 0.313 e. The van der Waals surface area contributed by atoms with Crippen LogP contribution < -0.4 is 0 Å². The number of Topliss-reactive ketones (excluding diaryl/α,β-unsaturated/α-hetero) is 1. The van der Waals surface area contributed by atoms with Gasteiger partial charge in [0.05, 0.1) is 12.0 Å². The van der Waals surface area contributed by atoms with Gasteiger partial charge in [-0.2, -0.15) is 0 Å². The molecule has 2 atom stereocenters. The Morgan fingerprint density at radius 2 is 2.11 bits per heavy atom. The summed E-state index contributed by atoms with van der Waals surface area (Å²) in [7, 11) is 0. The second kappa shape index (κ2) is 5.98. The highest BCUT2D eigenvalue weighted by Crippen LogP contribution is 2.57. The van der Waals surface area contributed by atoms with E-state index in [4.69, 9.17) is 4.74 Å². The Morgan fingerprint density at radius 3 is 2.56 bits per heavy atom. The Kier molecular flexibility index (Phi) is 4.88. The van der Waals surface area contributed by atoms with Crippen molar-refractivity contribution < 1.29 is 14.3 Å². The number of ether oxygens (including phenoxy) is 1. The molecule has 1 aliphatic rings. The molecule has 100 valence electrons. The Balaban J connectivity index is 2.65. The number of carbonyl (C=O) groups is 2. The minimum Gasteiger partial charge on any atom is -0.466 e. The Labute approximate surface area is 109 Å². The third-order valence-corrected chi connectivity index (χ3v) is 3.35. The topological polar surface area (TPSA) is 43.4 Å². The van der Waals surface area contributed by atoms with Gasteiger partial charge in [-0.15, -0.1) is 6.58 Å². The second-order valence-electron chi connectivity index (χ2n) is 5.12. The van der Waals surface area contributed by atoms with E-state index in [1.165, 1.54) is 0 Å². The van der Waals surface area contributed by atoms with Crippen molar-refractivity contribution in [1.82, 2.24) is 0 Å². The minimum absolute atomic E-state index is 0.0900. The fourth-order valence-electron chi connectivity index (χ4n) is 2.17. The number of ketones is 1. The summed E-state index contributed by atoms with van der Waals surface area (Å²) in [5.41, 5.74) is 0.495. The summed E-state index contributed by atoms with van der Waals surface area (Å²) in [6, 6.07) is 0. The maximum absolute atomic E-state index is 11.9. The molecule has 0 amide bonds. The molecule has 0 spiro atoms. The first-order chi connectivity index (χ1) is 8.46. The van der Waals surface area contributed by atoms with Gasteiger partial charge in [0, 0.05) is 12.8 Å². The Bertz CT molecular complexity index is 377. The molecule has 0 radical (unpaired) electrons. The summed E-state index contributed by atoms with van der Waals surface area (Å²) in [4.78, 5) is 23.8. The maximum atomic E-state index is 11.9. The zero-order valence-electron chi connectivity index (χ0n) is 11.5. The molecular formula is C15H22O3. The van der Waals surface area contributed by atoms with Crippen LogP contribution >= 0.6 is 0 Å². The predicted octanol–water partition coefficient (Wildman–Crippen LogP) is 3.06. The van der Waals surface area contributed by atoms with E-state index in [1.807, 2.05) is 19.9 Å². The van der Waals surface area contributed by atoms with Gasteiger partial charge in [-0.05, 0) is 33.1 Å². The molecule has 1 saturated carbocycles. The average molecular weight is 250 g/mol. The van der Waals surface area contributed by atoms with Crippen LogP contribution in [0.1, 0.15) is 40.0 Å². The summed E-state index contributed by atoms with van der Waals surface area (Å²) in [5.74, 6) is -0.0683. The largest absolute Gasteiger partial charge is 0.466 e. The normalized spacial score (nSPS) is 25.2. The third-order valence-electron chi connectivity index (χ3n) is 3.35. The molecule has 18 heavy (non-hydrogen) atoms. The molecule has 1 rings (SSSR count). The number of allylic oxidation sites excluding steroid dienone is 3. The van der Waals surface area contributed by atoms with Crippen molar-refractivity contribution >= 4 is 11.8 Å². The number of hydrogen-bond acceptors (Lipinski definition) is 3. The van der Waals surface area contributed by atoms with E-state index < -0.39 is 5.41 Å². The first kappa shape index (κ1) is 14.7. The fraction of sp³-hybridized carbons (Fsp3) is 0.600. The average Bonchev–Trinajstić information content (AvgIpc) is 3.01. The van der Waals surface area contributed by atoms with E-state index in [2.05, 4.69) is 6.58 Å². The molecule has 0 aliphatic heterocycles. The molecule has 0 heterocycles. The third kappa shape index (κ3) is 3.31. The van der Waals surface area contributed by atoms with Gasteiger partial charge in [0.1, 0.15) is 5.78 Å². The van der Waals surface area contributed by atoms with Crippen LogP contribution in [-0.2, 0) is 14.3 Å². The van der Waals surface area contributed by atoms with Crippen molar-refractivity contribution in [1.29, 1.82) is 0 Å². The SMILES string of the molecule is C=CC1CC1(CC(=O)CC=C(C)C)C(=O)OCC. The lowest BCUT2D eigenvalue weighted by Gasteiger charge is -2.13. The number of rotatable bonds is 7. The van der Waals surface area contributed by atoms with E-state index >= 15 is 0 Å². The highest BCUT2D eigenvalue weighted by molar-refractivity contribution is 5.90. The van der Waals surface area contributed by atoms with Gasteiger partial charge in [0.15, 0.2) is 0 Å². The van der Waals surface area contributed by atoms with Crippen molar-refractivity contribution in [2.24, 2.45) is 11.3 Å². The molecule has 0 N–H and O–H groups in total. The lowest BCUT2D eigenvalue weighted by atomic mass is 9.94. The van der Waals surface area contributed by atoms with Gasteiger partial charge in [-0.1, -0.05) is 17.7 Å². The van der Waals surface area contributed by atoms with Crippen molar-refractivity contribution in [3.05, 3.63) is 24.3 Å². The van der Waals surface area contributed by atoms with Crippen molar-refractivity contribution in [2.45, 2.75) is 40.0 Å². The van der Waals surface area contributed by atoms with E-state index in [-0.39, 0.29) is 24.1 Å². The standard InChI is InChI=1S/C15H22O3/c1-5-12-9-15(12,14(17)18-6-2)10-13(16)8-7-11(3)4/h5,7,12H,1,6,8-10H2,2-4H3. The first-order valence-electron chi connectivity index (χ1n) is 6.41. The monoisotopic (exact) mass is 250 g/mol. The van der Waals surface area contributed by atoms with E-state index in [9.17, 15) is 9.59 Å². The minimum atomic E-state index is -0.621. The predicted molar refractivity (Wildman–Crippen MR) is 71.0 cm³/mol. The van der Waals surface area contributed by atoms with Crippen LogP contribution in [0, 0.1) is 11.3 Å². The number of esters is 1. The van der Waals surface area contributed by atoms with Crippen LogP contribution in [0.5, 0.6) is 0 Å². The summed E-state index contributed by atoms with van der Waals surface area (Å²) in [6.07, 6.45) is 5.01. The zero-order valence-corrected chi connectivity index (χ0v) is 11.5. The summed E-state index contributed by atoms with van der Waals surface area (Å²) in [6.45, 7) is 9.76. The molecule has 0 saturated heterocycles. The lowest BCUT2D eigenvalue weighted by Crippen LogP contribution is -2.24. The van der Waals surface area contributed by atoms with Crippen LogP contribution in [-0.4, -0.2) is 18.4 Å². The molecule has 2 unspecified atom stereocenters. The van der Waals surface area contributed by atoms with Crippen LogP contribution in [0.3, 0.4) is 0 Å². The van der Waals surface area contributed by atoms with Gasteiger partial charge in [0.2, 0.25) is 0 Å². The van der Waals surface area contributed by atoms with Gasteiger partial charge in [-0.3, -0.25) is 9.59 Å². The highest BCUT2D eigenvalue weighted by Gasteiger charge is 2.60. The van der Waals surface area contributed by atoms with E-state index in [1.54, 1.807) is 13.0 Å². The zero-order chi connectivity index (χ0) is 13.8. The van der Waals surface area contributed by atoms with E-state index in [0.717, 1.165) is 5.57 Å². The molecule has 1 fully saturated rings. The van der Waals surface area contributed by atoms with Crippen LogP contribution in [0.2, 0.25) is 0 Å². The number of carbonyl (C=O) groups excluding carboxylic acids is 2. The first-order valence-corrected chi connectivity index (χ1v) is 6.41. The molecule has 0 aromatic rings. The molecule has 0 bridgehead atoms. The summed E-state index contributed by atoms with van der Waals surface area (Å²) < 4.78 is 5.07. The van der Waals surface area contributed by atoms with Gasteiger partial charge in [-0.25, -0.2) is 0 Å². The highest BCUT2D eigenvalue weighted by atomic mass is 16.5. The van der Waals surface area contributed by atoms with Gasteiger partial charge in [0.25, 0.3) is 0 Å². The lowest BCUT2D eigenvalue weighted by molar-refractivity contribution is -0.151. The Morgan fingerprint density at radius 1 is 1.44 bits per heavy atom. The molecular weight excluding hydrogens is 228 g/mol. The molecule has 0 aromatic heterocycles. The summed E-state index contributed by atoms with van der Waals surface area (Å²) in [5, 5.41) is 0. The molecule has 3 heteroatoms. The molecule has 3 nitrogen and oxygen atoms in total. The quantitative estimate of drug-likeness (QED) is 0.515. The Hall–Kier alpha value is -1.38. The second-order valence-corrected chi connectivity index (χ2v) is 5.12.